The van der Waals surface area contributed by atoms with E-state index in [2.05, 4.69) is 10.5 Å². The van der Waals surface area contributed by atoms with Crippen LogP contribution in [-0.2, 0) is 0 Å². The summed E-state index contributed by atoms with van der Waals surface area (Å²) in [6.07, 6.45) is 1.42. The molecule has 0 radical (unpaired) electrons. The zero-order valence-electron chi connectivity index (χ0n) is 12.7. The van der Waals surface area contributed by atoms with Gasteiger partial charge in [-0.15, -0.1) is 0 Å². The third kappa shape index (κ3) is 4.47. The minimum Gasteiger partial charge on any atom is -0.267 e. The Kier molecular flexibility index (Phi) is 5.57. The first kappa shape index (κ1) is 16.4. The van der Waals surface area contributed by atoms with Crippen molar-refractivity contribution in [3.05, 3.63) is 75.8 Å². The molecule has 6 heteroatoms. The Hall–Kier alpha value is -3.02. The number of benzene rings is 2. The molecule has 1 amide bonds. The zero-order valence-corrected chi connectivity index (χ0v) is 12.7. The minimum atomic E-state index is -0.449. The molecule has 0 aromatic heterocycles. The first-order chi connectivity index (χ1) is 11.1. The predicted molar refractivity (Wildman–Crippen MR) is 88.4 cm³/mol. The van der Waals surface area contributed by atoms with Gasteiger partial charge in [0.1, 0.15) is 0 Å². The van der Waals surface area contributed by atoms with Crippen molar-refractivity contribution in [2.75, 3.05) is 0 Å². The molecule has 0 aliphatic rings. The molecule has 0 aliphatic carbocycles. The highest BCUT2D eigenvalue weighted by Gasteiger charge is 2.11. The van der Waals surface area contributed by atoms with Crippen LogP contribution < -0.4 is 5.43 Å². The summed E-state index contributed by atoms with van der Waals surface area (Å²) in [6.45, 7) is 1.98. The molecule has 0 saturated carbocycles. The van der Waals surface area contributed by atoms with E-state index in [0.29, 0.717) is 23.3 Å². The third-order valence-corrected chi connectivity index (χ3v) is 3.21. The summed E-state index contributed by atoms with van der Waals surface area (Å²) in [4.78, 5) is 22.5. The van der Waals surface area contributed by atoms with Gasteiger partial charge in [-0.05, 0) is 18.6 Å². The summed E-state index contributed by atoms with van der Waals surface area (Å²) in [7, 11) is 0. The molecule has 0 spiro atoms. The van der Waals surface area contributed by atoms with E-state index in [-0.39, 0.29) is 11.6 Å². The van der Waals surface area contributed by atoms with Gasteiger partial charge in [0.15, 0.2) is 0 Å². The Balaban J connectivity index is 2.22. The van der Waals surface area contributed by atoms with Crippen LogP contribution in [0.5, 0.6) is 0 Å². The van der Waals surface area contributed by atoms with Gasteiger partial charge in [0.25, 0.3) is 11.6 Å². The fraction of sp³-hybridized carbons (Fsp3) is 0.176. The highest BCUT2D eigenvalue weighted by atomic mass is 16.6. The second-order valence-electron chi connectivity index (χ2n) is 4.92. The predicted octanol–water partition coefficient (Wildman–Crippen LogP) is 3.53. The lowest BCUT2D eigenvalue weighted by molar-refractivity contribution is -0.384. The van der Waals surface area contributed by atoms with Gasteiger partial charge in [-0.2, -0.15) is 5.10 Å². The van der Waals surface area contributed by atoms with Gasteiger partial charge in [-0.25, -0.2) is 5.43 Å². The lowest BCUT2D eigenvalue weighted by Crippen LogP contribution is -2.20. The maximum atomic E-state index is 12.0. The van der Waals surface area contributed by atoms with E-state index in [1.54, 1.807) is 36.4 Å². The van der Waals surface area contributed by atoms with Gasteiger partial charge < -0.3 is 0 Å². The SMILES string of the molecule is CCC/C(=N/NC(=O)c1ccccc1)c1cccc([N+](=O)[O-])c1. The van der Waals surface area contributed by atoms with E-state index in [1.165, 1.54) is 12.1 Å². The molecule has 0 bridgehead atoms. The smallest absolute Gasteiger partial charge is 0.267 e. The van der Waals surface area contributed by atoms with Crippen LogP contribution in [0.3, 0.4) is 0 Å². The van der Waals surface area contributed by atoms with Gasteiger partial charge in [0.05, 0.1) is 10.6 Å². The topological polar surface area (TPSA) is 84.6 Å². The fourth-order valence-electron chi connectivity index (χ4n) is 2.07. The number of carbonyl (C=O) groups excluding carboxylic acids is 1. The molecule has 0 unspecified atom stereocenters. The number of non-ortho nitro benzene ring substituents is 1. The first-order valence-corrected chi connectivity index (χ1v) is 7.28. The molecular weight excluding hydrogens is 294 g/mol. The average molecular weight is 311 g/mol. The normalized spacial score (nSPS) is 11.1. The Labute approximate surface area is 134 Å². The second kappa shape index (κ2) is 7.84. The number of nitro benzene ring substituents is 1. The highest BCUT2D eigenvalue weighted by molar-refractivity contribution is 6.02. The van der Waals surface area contributed by atoms with Gasteiger partial charge in [0.2, 0.25) is 0 Å². The Morgan fingerprint density at radius 2 is 1.83 bits per heavy atom. The summed E-state index contributed by atoms with van der Waals surface area (Å²) in [6, 6.07) is 15.0. The highest BCUT2D eigenvalue weighted by Crippen LogP contribution is 2.15. The maximum absolute atomic E-state index is 12.0. The minimum absolute atomic E-state index is 0.000638. The molecule has 2 aromatic rings. The van der Waals surface area contributed by atoms with E-state index in [0.717, 1.165) is 6.42 Å². The van der Waals surface area contributed by atoms with Crippen LogP contribution in [-0.4, -0.2) is 16.5 Å². The first-order valence-electron chi connectivity index (χ1n) is 7.28. The van der Waals surface area contributed by atoms with E-state index in [1.807, 2.05) is 13.0 Å². The summed E-state index contributed by atoms with van der Waals surface area (Å²) in [5.74, 6) is -0.315. The number of hydrogen-bond acceptors (Lipinski definition) is 4. The molecule has 2 rings (SSSR count). The van der Waals surface area contributed by atoms with Crippen LogP contribution in [0.4, 0.5) is 5.69 Å². The lowest BCUT2D eigenvalue weighted by atomic mass is 10.1. The molecule has 6 nitrogen and oxygen atoms in total. The summed E-state index contributed by atoms with van der Waals surface area (Å²) >= 11 is 0. The fourth-order valence-corrected chi connectivity index (χ4v) is 2.07. The van der Waals surface area contributed by atoms with E-state index in [9.17, 15) is 14.9 Å². The van der Waals surface area contributed by atoms with Crippen LogP contribution in [0, 0.1) is 10.1 Å². The van der Waals surface area contributed by atoms with Crippen LogP contribution in [0.15, 0.2) is 59.7 Å². The average Bonchev–Trinajstić information content (AvgIpc) is 2.59. The maximum Gasteiger partial charge on any atom is 0.271 e. The summed E-state index contributed by atoms with van der Waals surface area (Å²) < 4.78 is 0. The quantitative estimate of drug-likeness (QED) is 0.503. The third-order valence-electron chi connectivity index (χ3n) is 3.21. The summed E-state index contributed by atoms with van der Waals surface area (Å²) in [5, 5.41) is 15.0. The van der Waals surface area contributed by atoms with Gasteiger partial charge in [0, 0.05) is 23.3 Å². The number of nitrogens with zero attached hydrogens (tertiary/aromatic N) is 2. The zero-order chi connectivity index (χ0) is 16.7. The van der Waals surface area contributed by atoms with Crippen molar-refractivity contribution in [3.63, 3.8) is 0 Å². The molecule has 0 fully saturated rings. The number of nitrogens with one attached hydrogen (secondary N) is 1. The van der Waals surface area contributed by atoms with Crippen molar-refractivity contribution >= 4 is 17.3 Å². The number of rotatable bonds is 6. The Morgan fingerprint density at radius 1 is 1.13 bits per heavy atom. The van der Waals surface area contributed by atoms with E-state index >= 15 is 0 Å². The number of amides is 1. The lowest BCUT2D eigenvalue weighted by Gasteiger charge is -2.06. The number of hydrazone groups is 1. The largest absolute Gasteiger partial charge is 0.271 e. The molecule has 0 aliphatic heterocycles. The van der Waals surface area contributed by atoms with Crippen molar-refractivity contribution in [3.8, 4) is 0 Å². The molecular formula is C17H17N3O3. The van der Waals surface area contributed by atoms with Gasteiger partial charge >= 0.3 is 0 Å². The van der Waals surface area contributed by atoms with Crippen LogP contribution in [0.2, 0.25) is 0 Å². The van der Waals surface area contributed by atoms with Crippen molar-refractivity contribution in [1.82, 2.24) is 5.43 Å². The van der Waals surface area contributed by atoms with Crippen molar-refractivity contribution in [2.45, 2.75) is 19.8 Å². The number of carbonyl (C=O) groups is 1. The molecule has 0 atom stereocenters. The molecule has 1 N–H and O–H groups in total. The van der Waals surface area contributed by atoms with Crippen LogP contribution in [0.1, 0.15) is 35.7 Å². The number of hydrogen-bond donors (Lipinski definition) is 1. The van der Waals surface area contributed by atoms with Crippen LogP contribution >= 0.6 is 0 Å². The van der Waals surface area contributed by atoms with Gasteiger partial charge in [-0.3, -0.25) is 14.9 Å². The van der Waals surface area contributed by atoms with E-state index < -0.39 is 4.92 Å². The summed E-state index contributed by atoms with van der Waals surface area (Å²) in [5.41, 5.74) is 4.26. The van der Waals surface area contributed by atoms with E-state index in [4.69, 9.17) is 0 Å². The standard InChI is InChI=1S/C17H17N3O3/c1-2-7-16(14-10-6-11-15(12-14)20(22)23)18-19-17(21)13-8-4-3-5-9-13/h3-6,8-12H,2,7H2,1H3,(H,19,21)/b18-16-. The molecule has 23 heavy (non-hydrogen) atoms. The van der Waals surface area contributed by atoms with Gasteiger partial charge in [-0.1, -0.05) is 43.7 Å². The Bertz CT molecular complexity index is 727. The molecule has 0 saturated heterocycles. The Morgan fingerprint density at radius 3 is 2.48 bits per heavy atom. The molecule has 0 heterocycles. The van der Waals surface area contributed by atoms with Crippen molar-refractivity contribution < 1.29 is 9.72 Å². The number of nitro groups is 1. The second-order valence-corrected chi connectivity index (χ2v) is 4.92. The van der Waals surface area contributed by atoms with Crippen LogP contribution in [0.25, 0.3) is 0 Å². The molecule has 2 aromatic carbocycles. The van der Waals surface area contributed by atoms with Crippen molar-refractivity contribution in [2.24, 2.45) is 5.10 Å². The monoisotopic (exact) mass is 311 g/mol. The van der Waals surface area contributed by atoms with Crippen molar-refractivity contribution in [1.29, 1.82) is 0 Å². The molecule has 118 valence electrons.